The number of benzene rings is 2. The summed E-state index contributed by atoms with van der Waals surface area (Å²) in [5, 5.41) is 16.6. The molecule has 140 valence electrons. The van der Waals surface area contributed by atoms with E-state index in [0.717, 1.165) is 47.0 Å². The molecule has 6 heteroatoms. The first kappa shape index (κ1) is 16.7. The van der Waals surface area contributed by atoms with E-state index in [-0.39, 0.29) is 0 Å². The largest absolute Gasteiger partial charge is 0.490 e. The Hall–Kier alpha value is -3.41. The molecule has 0 atom stereocenters. The highest BCUT2D eigenvalue weighted by atomic mass is 16.5. The van der Waals surface area contributed by atoms with Crippen molar-refractivity contribution in [1.29, 1.82) is 0 Å². The number of nitrogens with one attached hydrogen (secondary N) is 1. The van der Waals surface area contributed by atoms with Crippen LogP contribution in [0.25, 0.3) is 17.0 Å². The maximum Gasteiger partial charge on any atom is 0.185 e. The van der Waals surface area contributed by atoms with Gasteiger partial charge in [-0.2, -0.15) is 4.52 Å². The Morgan fingerprint density at radius 1 is 0.929 bits per heavy atom. The molecule has 5 rings (SSSR count). The number of rotatable bonds is 6. The van der Waals surface area contributed by atoms with E-state index < -0.39 is 0 Å². The Morgan fingerprint density at radius 2 is 1.75 bits per heavy atom. The molecule has 1 saturated carbocycles. The van der Waals surface area contributed by atoms with Gasteiger partial charge in [0.1, 0.15) is 11.6 Å². The number of hydrogen-bond donors (Lipinski definition) is 1. The highest BCUT2D eigenvalue weighted by Crippen LogP contribution is 2.28. The summed E-state index contributed by atoms with van der Waals surface area (Å²) in [5.41, 5.74) is 2.83. The fraction of sp³-hybridized carbons (Fsp3) is 0.227. The molecular weight excluding hydrogens is 350 g/mol. The molecule has 2 aromatic heterocycles. The van der Waals surface area contributed by atoms with Crippen LogP contribution in [0.3, 0.4) is 0 Å². The molecule has 1 aliphatic rings. The standard InChI is InChI=1S/C22H21N5O/c1-2-7-16(8-3-1)22-25-24-21-14-13-20(26-27(21)22)23-15-17-9-4-5-12-19(17)28-18-10-6-11-18/h1-5,7-9,12-14,18H,6,10-11,15H2,(H,23,26). The molecule has 0 spiro atoms. The van der Waals surface area contributed by atoms with Crippen LogP contribution in [-0.4, -0.2) is 25.9 Å². The molecule has 0 bridgehead atoms. The van der Waals surface area contributed by atoms with Crippen LogP contribution in [0.4, 0.5) is 5.82 Å². The first-order valence-electron chi connectivity index (χ1n) is 9.63. The Labute approximate surface area is 163 Å². The third-order valence-corrected chi connectivity index (χ3v) is 5.07. The van der Waals surface area contributed by atoms with Crippen molar-refractivity contribution in [3.8, 4) is 17.1 Å². The molecule has 0 amide bonds. The van der Waals surface area contributed by atoms with Crippen LogP contribution in [0.1, 0.15) is 24.8 Å². The van der Waals surface area contributed by atoms with E-state index in [1.807, 2.05) is 60.7 Å². The first-order valence-corrected chi connectivity index (χ1v) is 9.63. The highest BCUT2D eigenvalue weighted by Gasteiger charge is 2.20. The number of hydrogen-bond acceptors (Lipinski definition) is 5. The molecule has 2 aromatic carbocycles. The monoisotopic (exact) mass is 371 g/mol. The fourth-order valence-electron chi connectivity index (χ4n) is 3.27. The van der Waals surface area contributed by atoms with Crippen LogP contribution >= 0.6 is 0 Å². The predicted molar refractivity (Wildman–Crippen MR) is 108 cm³/mol. The summed E-state index contributed by atoms with van der Waals surface area (Å²) in [6, 6.07) is 22.0. The quantitative estimate of drug-likeness (QED) is 0.546. The van der Waals surface area contributed by atoms with E-state index >= 15 is 0 Å². The minimum absolute atomic E-state index is 0.362. The molecular formula is C22H21N5O. The Balaban J connectivity index is 1.37. The molecule has 6 nitrogen and oxygen atoms in total. The Kier molecular flexibility index (Phi) is 4.37. The molecule has 1 aliphatic carbocycles. The van der Waals surface area contributed by atoms with E-state index in [0.29, 0.717) is 12.6 Å². The maximum absolute atomic E-state index is 6.12. The summed E-state index contributed by atoms with van der Waals surface area (Å²) in [6.45, 7) is 0.643. The molecule has 2 heterocycles. The van der Waals surface area contributed by atoms with E-state index in [2.05, 4.69) is 26.7 Å². The minimum Gasteiger partial charge on any atom is -0.490 e. The van der Waals surface area contributed by atoms with Gasteiger partial charge < -0.3 is 10.1 Å². The summed E-state index contributed by atoms with van der Waals surface area (Å²) < 4.78 is 7.89. The van der Waals surface area contributed by atoms with Gasteiger partial charge in [0.15, 0.2) is 11.5 Å². The molecule has 1 fully saturated rings. The smallest absolute Gasteiger partial charge is 0.185 e. The molecule has 1 N–H and O–H groups in total. The van der Waals surface area contributed by atoms with Crippen molar-refractivity contribution in [1.82, 2.24) is 19.8 Å². The van der Waals surface area contributed by atoms with Gasteiger partial charge >= 0.3 is 0 Å². The van der Waals surface area contributed by atoms with Crippen LogP contribution in [0, 0.1) is 0 Å². The van der Waals surface area contributed by atoms with Crippen molar-refractivity contribution in [3.05, 3.63) is 72.3 Å². The van der Waals surface area contributed by atoms with Crippen molar-refractivity contribution < 1.29 is 4.74 Å². The zero-order valence-electron chi connectivity index (χ0n) is 15.5. The number of ether oxygens (including phenoxy) is 1. The van der Waals surface area contributed by atoms with Gasteiger partial charge in [0.05, 0.1) is 6.10 Å². The van der Waals surface area contributed by atoms with Gasteiger partial charge in [0, 0.05) is 17.7 Å². The zero-order valence-corrected chi connectivity index (χ0v) is 15.5. The number of aromatic nitrogens is 4. The lowest BCUT2D eigenvalue weighted by Crippen LogP contribution is -2.25. The molecule has 0 aliphatic heterocycles. The number of anilines is 1. The summed E-state index contributed by atoms with van der Waals surface area (Å²) in [4.78, 5) is 0. The third kappa shape index (κ3) is 3.29. The normalized spacial score (nSPS) is 14.0. The molecule has 0 radical (unpaired) electrons. The van der Waals surface area contributed by atoms with E-state index in [4.69, 9.17) is 4.74 Å². The Morgan fingerprint density at radius 3 is 2.57 bits per heavy atom. The lowest BCUT2D eigenvalue weighted by molar-refractivity contribution is 0.119. The highest BCUT2D eigenvalue weighted by molar-refractivity contribution is 5.59. The van der Waals surface area contributed by atoms with Crippen molar-refractivity contribution in [2.24, 2.45) is 0 Å². The molecule has 0 saturated heterocycles. The average Bonchev–Trinajstić information content (AvgIpc) is 3.14. The summed E-state index contributed by atoms with van der Waals surface area (Å²) >= 11 is 0. The van der Waals surface area contributed by atoms with Crippen molar-refractivity contribution in [3.63, 3.8) is 0 Å². The molecule has 4 aromatic rings. The molecule has 0 unspecified atom stereocenters. The summed E-state index contributed by atoms with van der Waals surface area (Å²) in [5.74, 6) is 2.45. The van der Waals surface area contributed by atoms with E-state index in [1.165, 1.54) is 6.42 Å². The predicted octanol–water partition coefficient (Wildman–Crippen LogP) is 4.33. The van der Waals surface area contributed by atoms with E-state index in [1.54, 1.807) is 4.52 Å². The Bertz CT molecular complexity index is 1090. The van der Waals surface area contributed by atoms with Gasteiger partial charge in [0.25, 0.3) is 0 Å². The lowest BCUT2D eigenvalue weighted by atomic mass is 9.96. The average molecular weight is 371 g/mol. The van der Waals surface area contributed by atoms with Gasteiger partial charge in [-0.25, -0.2) is 0 Å². The van der Waals surface area contributed by atoms with Crippen LogP contribution < -0.4 is 10.1 Å². The number of fused-ring (bicyclic) bond motifs is 1. The molecule has 28 heavy (non-hydrogen) atoms. The van der Waals surface area contributed by atoms with Crippen molar-refractivity contribution in [2.45, 2.75) is 31.9 Å². The van der Waals surface area contributed by atoms with Gasteiger partial charge in [-0.3, -0.25) is 0 Å². The number of nitrogens with zero attached hydrogens (tertiary/aromatic N) is 4. The lowest BCUT2D eigenvalue weighted by Gasteiger charge is -2.27. The SMILES string of the molecule is c1ccc(-c2nnc3ccc(NCc4ccccc4OC4CCC4)nn23)cc1. The second-order valence-corrected chi connectivity index (χ2v) is 7.01. The van der Waals surface area contributed by atoms with Crippen molar-refractivity contribution in [2.75, 3.05) is 5.32 Å². The summed E-state index contributed by atoms with van der Waals surface area (Å²) in [7, 11) is 0. The van der Waals surface area contributed by atoms with Crippen LogP contribution in [0.5, 0.6) is 5.75 Å². The van der Waals surface area contributed by atoms with Crippen LogP contribution in [-0.2, 0) is 6.54 Å². The zero-order chi connectivity index (χ0) is 18.8. The second-order valence-electron chi connectivity index (χ2n) is 7.01. The minimum atomic E-state index is 0.362. The number of para-hydroxylation sites is 1. The maximum atomic E-state index is 6.12. The fourth-order valence-corrected chi connectivity index (χ4v) is 3.27. The van der Waals surface area contributed by atoms with E-state index in [9.17, 15) is 0 Å². The third-order valence-electron chi connectivity index (χ3n) is 5.07. The second kappa shape index (κ2) is 7.31. The van der Waals surface area contributed by atoms with Gasteiger partial charge in [-0.05, 0) is 37.5 Å². The van der Waals surface area contributed by atoms with Crippen molar-refractivity contribution >= 4 is 11.5 Å². The van der Waals surface area contributed by atoms with Gasteiger partial charge in [-0.15, -0.1) is 15.3 Å². The first-order chi connectivity index (χ1) is 13.9. The van der Waals surface area contributed by atoms with Gasteiger partial charge in [0.2, 0.25) is 0 Å². The van der Waals surface area contributed by atoms with Crippen LogP contribution in [0.15, 0.2) is 66.7 Å². The topological polar surface area (TPSA) is 64.3 Å². The summed E-state index contributed by atoms with van der Waals surface area (Å²) in [6.07, 6.45) is 3.92. The van der Waals surface area contributed by atoms with Gasteiger partial charge in [-0.1, -0.05) is 48.5 Å². The van der Waals surface area contributed by atoms with Crippen LogP contribution in [0.2, 0.25) is 0 Å².